The Morgan fingerprint density at radius 1 is 1.25 bits per heavy atom. The van der Waals surface area contributed by atoms with E-state index in [9.17, 15) is 4.39 Å². The Labute approximate surface area is 184 Å². The second-order valence-electron chi connectivity index (χ2n) is 7.09. The van der Waals surface area contributed by atoms with Gasteiger partial charge in [-0.2, -0.15) is 9.97 Å². The number of rotatable bonds is 9. The molecule has 1 aliphatic heterocycles. The number of benzene rings is 1. The number of nitrogens with zero attached hydrogens (tertiary/aromatic N) is 5. The van der Waals surface area contributed by atoms with Gasteiger partial charge in [0, 0.05) is 12.2 Å². The van der Waals surface area contributed by atoms with Crippen molar-refractivity contribution in [2.75, 3.05) is 20.3 Å². The Balaban J connectivity index is 1.35. The molecule has 0 bridgehead atoms. The number of halogens is 1. The number of hydrogen-bond donors (Lipinski definition) is 0. The lowest BCUT2D eigenvalue weighted by atomic mass is 10.1. The fourth-order valence-corrected chi connectivity index (χ4v) is 3.10. The van der Waals surface area contributed by atoms with Crippen LogP contribution in [0, 0.1) is 5.82 Å². The lowest BCUT2D eigenvalue weighted by Gasteiger charge is -2.21. The molecule has 1 aliphatic rings. The van der Waals surface area contributed by atoms with E-state index in [0.717, 1.165) is 25.9 Å². The maximum absolute atomic E-state index is 14.2. The van der Waals surface area contributed by atoms with Gasteiger partial charge < -0.3 is 18.9 Å². The van der Waals surface area contributed by atoms with Crippen LogP contribution in [0.3, 0.4) is 0 Å². The summed E-state index contributed by atoms with van der Waals surface area (Å²) in [5.74, 6) is 0.206. The zero-order valence-electron chi connectivity index (χ0n) is 17.7. The van der Waals surface area contributed by atoms with Crippen LogP contribution in [0.5, 0.6) is 11.8 Å². The summed E-state index contributed by atoms with van der Waals surface area (Å²) < 4.78 is 37.5. The Hall–Kier alpha value is -3.37. The Bertz CT molecular complexity index is 1040. The van der Waals surface area contributed by atoms with Crippen LogP contribution in [0.4, 0.5) is 4.39 Å². The van der Waals surface area contributed by atoms with Crippen molar-refractivity contribution in [1.29, 1.82) is 0 Å². The van der Waals surface area contributed by atoms with Gasteiger partial charge in [-0.05, 0) is 37.5 Å². The Morgan fingerprint density at radius 2 is 2.12 bits per heavy atom. The molecule has 1 atom stereocenters. The maximum atomic E-state index is 14.2. The molecule has 3 aromatic rings. The van der Waals surface area contributed by atoms with Crippen LogP contribution in [-0.2, 0) is 16.1 Å². The first-order valence-corrected chi connectivity index (χ1v) is 10.3. The second-order valence-corrected chi connectivity index (χ2v) is 7.09. The molecule has 168 valence electrons. The topological polar surface area (TPSA) is 93.4 Å². The van der Waals surface area contributed by atoms with Crippen molar-refractivity contribution >= 4 is 6.08 Å². The molecule has 3 heterocycles. The summed E-state index contributed by atoms with van der Waals surface area (Å²) in [6, 6.07) is 4.92. The first-order valence-electron chi connectivity index (χ1n) is 10.3. The van der Waals surface area contributed by atoms with Crippen molar-refractivity contribution in [3.63, 3.8) is 0 Å². The first-order chi connectivity index (χ1) is 15.7. The zero-order chi connectivity index (χ0) is 22.2. The highest BCUT2D eigenvalue weighted by Crippen LogP contribution is 2.17. The Morgan fingerprint density at radius 3 is 2.91 bits per heavy atom. The van der Waals surface area contributed by atoms with Gasteiger partial charge in [-0.1, -0.05) is 17.4 Å². The van der Waals surface area contributed by atoms with E-state index >= 15 is 0 Å². The third kappa shape index (κ3) is 5.86. The number of aromatic nitrogens is 5. The van der Waals surface area contributed by atoms with Gasteiger partial charge in [0.25, 0.3) is 0 Å². The molecular weight excluding hydrogens is 417 g/mol. The van der Waals surface area contributed by atoms with Crippen molar-refractivity contribution < 1.29 is 23.3 Å². The largest absolute Gasteiger partial charge is 0.494 e. The van der Waals surface area contributed by atoms with Crippen molar-refractivity contribution in [2.45, 2.75) is 32.2 Å². The molecule has 0 N–H and O–H groups in total. The van der Waals surface area contributed by atoms with Gasteiger partial charge in [-0.25, -0.2) is 9.07 Å². The lowest BCUT2D eigenvalue weighted by molar-refractivity contribution is -0.155. The van der Waals surface area contributed by atoms with Crippen molar-refractivity contribution in [3.05, 3.63) is 59.9 Å². The van der Waals surface area contributed by atoms with E-state index in [1.54, 1.807) is 35.2 Å². The fourth-order valence-electron chi connectivity index (χ4n) is 3.10. The van der Waals surface area contributed by atoms with Gasteiger partial charge in [0.1, 0.15) is 18.1 Å². The lowest BCUT2D eigenvalue weighted by Crippen LogP contribution is -2.22. The average Bonchev–Trinajstić information content (AvgIpc) is 3.31. The van der Waals surface area contributed by atoms with Crippen LogP contribution in [0.1, 0.15) is 30.5 Å². The monoisotopic (exact) mass is 441 g/mol. The minimum atomic E-state index is -0.334. The second kappa shape index (κ2) is 10.8. The normalized spacial score (nSPS) is 16.4. The van der Waals surface area contributed by atoms with Crippen molar-refractivity contribution in [3.8, 4) is 17.4 Å². The van der Waals surface area contributed by atoms with E-state index in [-0.39, 0.29) is 24.7 Å². The van der Waals surface area contributed by atoms with Crippen LogP contribution in [-0.4, -0.2) is 51.6 Å². The highest BCUT2D eigenvalue weighted by Gasteiger charge is 2.13. The quantitative estimate of drug-likeness (QED) is 0.499. The molecule has 9 nitrogen and oxygen atoms in total. The third-order valence-corrected chi connectivity index (χ3v) is 4.79. The van der Waals surface area contributed by atoms with Crippen LogP contribution in [0.2, 0.25) is 0 Å². The summed E-state index contributed by atoms with van der Waals surface area (Å²) in [7, 11) is 1.54. The molecule has 0 spiro atoms. The van der Waals surface area contributed by atoms with Crippen molar-refractivity contribution in [2.24, 2.45) is 0 Å². The van der Waals surface area contributed by atoms with Gasteiger partial charge >= 0.3 is 6.01 Å². The zero-order valence-corrected chi connectivity index (χ0v) is 17.7. The predicted octanol–water partition coefficient (Wildman–Crippen LogP) is 3.34. The predicted molar refractivity (Wildman–Crippen MR) is 113 cm³/mol. The summed E-state index contributed by atoms with van der Waals surface area (Å²) in [5, 5.41) is 8.18. The summed E-state index contributed by atoms with van der Waals surface area (Å²) in [5.41, 5.74) is 1.67. The van der Waals surface area contributed by atoms with Gasteiger partial charge in [0.15, 0.2) is 12.0 Å². The molecule has 10 heteroatoms. The third-order valence-electron chi connectivity index (χ3n) is 4.79. The molecule has 0 amide bonds. The number of ether oxygens (including phenoxy) is 4. The highest BCUT2D eigenvalue weighted by molar-refractivity contribution is 5.54. The number of hydrogen-bond acceptors (Lipinski definition) is 8. The summed E-state index contributed by atoms with van der Waals surface area (Å²) in [4.78, 5) is 8.07. The van der Waals surface area contributed by atoms with Crippen LogP contribution in [0.25, 0.3) is 11.8 Å². The van der Waals surface area contributed by atoms with Crippen LogP contribution < -0.4 is 9.47 Å². The van der Waals surface area contributed by atoms with Crippen molar-refractivity contribution in [1.82, 2.24) is 25.0 Å². The van der Waals surface area contributed by atoms with Gasteiger partial charge in [0.2, 0.25) is 0 Å². The van der Waals surface area contributed by atoms with Gasteiger partial charge in [-0.15, -0.1) is 5.10 Å². The van der Waals surface area contributed by atoms with Crippen LogP contribution in [0.15, 0.2) is 42.9 Å². The van der Waals surface area contributed by atoms with E-state index < -0.39 is 0 Å². The minimum Gasteiger partial charge on any atom is -0.494 e. The van der Waals surface area contributed by atoms with Gasteiger partial charge in [0.05, 0.1) is 38.0 Å². The molecule has 2 aromatic heterocycles. The fraction of sp³-hybridized carbons (Fsp3) is 0.364. The molecular formula is C22H24FN5O4. The smallest absolute Gasteiger partial charge is 0.316 e. The van der Waals surface area contributed by atoms with E-state index in [2.05, 4.69) is 20.3 Å². The molecule has 0 radical (unpaired) electrons. The molecule has 4 rings (SSSR count). The Kier molecular flexibility index (Phi) is 7.36. The van der Waals surface area contributed by atoms with E-state index in [1.165, 1.54) is 25.6 Å². The van der Waals surface area contributed by atoms with Crippen LogP contribution >= 0.6 is 0 Å². The average molecular weight is 441 g/mol. The summed E-state index contributed by atoms with van der Waals surface area (Å²) in [6.45, 7) is 1.22. The SMILES string of the molecule is COc1cnc(OCc2cn(-c3ccc(F)c(C=CCOC4CCCCO4)c3)nn2)nc1. The van der Waals surface area contributed by atoms with E-state index in [0.29, 0.717) is 29.3 Å². The summed E-state index contributed by atoms with van der Waals surface area (Å²) in [6.07, 6.45) is 11.1. The van der Waals surface area contributed by atoms with E-state index in [1.807, 2.05) is 0 Å². The molecule has 1 unspecified atom stereocenters. The molecule has 1 aromatic carbocycles. The molecule has 1 fully saturated rings. The molecule has 0 saturated carbocycles. The maximum Gasteiger partial charge on any atom is 0.316 e. The first kappa shape index (κ1) is 21.8. The van der Waals surface area contributed by atoms with E-state index in [4.69, 9.17) is 18.9 Å². The standard InChI is InChI=1S/C22H24FN5O4/c1-29-19-12-24-22(25-13-19)32-15-17-14-28(27-26-17)18-7-8-20(23)16(11-18)5-4-10-31-21-6-2-3-9-30-21/h4-5,7-8,11-14,21H,2-3,6,9-10,15H2,1H3. The molecule has 32 heavy (non-hydrogen) atoms. The molecule has 0 aliphatic carbocycles. The number of methoxy groups -OCH3 is 1. The molecule has 1 saturated heterocycles. The van der Waals surface area contributed by atoms with Gasteiger partial charge in [-0.3, -0.25) is 0 Å². The minimum absolute atomic E-state index is 0.140. The summed E-state index contributed by atoms with van der Waals surface area (Å²) >= 11 is 0. The highest BCUT2D eigenvalue weighted by atomic mass is 19.1.